The number of rotatable bonds is 7. The van der Waals surface area contributed by atoms with E-state index in [9.17, 15) is 31.4 Å². The maximum absolute atomic E-state index is 13.2. The largest absolute Gasteiger partial charge is 0.446 e. The van der Waals surface area contributed by atoms with E-state index in [1.807, 2.05) is 0 Å². The fourth-order valence-corrected chi connectivity index (χ4v) is 2.83. The number of halogens is 6. The first-order valence-electron chi connectivity index (χ1n) is 8.34. The number of benzene rings is 1. The van der Waals surface area contributed by atoms with Gasteiger partial charge in [0.05, 0.1) is 12.6 Å². The number of nitrogens with zero attached hydrogens (tertiary/aromatic N) is 2. The van der Waals surface area contributed by atoms with Crippen LogP contribution in [0.4, 0.5) is 43.8 Å². The lowest BCUT2D eigenvalue weighted by atomic mass is 10.1. The first-order chi connectivity index (χ1) is 13.4. The van der Waals surface area contributed by atoms with Crippen LogP contribution in [-0.4, -0.2) is 33.2 Å². The Balaban J connectivity index is 2.34. The molecule has 3 N–H and O–H groups in total. The van der Waals surface area contributed by atoms with Crippen LogP contribution < -0.4 is 10.6 Å². The molecule has 0 amide bonds. The van der Waals surface area contributed by atoms with Gasteiger partial charge in [-0.2, -0.15) is 31.3 Å². The summed E-state index contributed by atoms with van der Waals surface area (Å²) in [5, 5.41) is 14.6. The number of hydrogen-bond donors (Lipinski definition) is 3. The summed E-state index contributed by atoms with van der Waals surface area (Å²) in [5.74, 6) is -0.744. The van der Waals surface area contributed by atoms with Gasteiger partial charge in [0.2, 0.25) is 5.95 Å². The van der Waals surface area contributed by atoms with Crippen molar-refractivity contribution >= 4 is 29.2 Å². The van der Waals surface area contributed by atoms with Crippen molar-refractivity contribution in [3.8, 4) is 0 Å². The van der Waals surface area contributed by atoms with Gasteiger partial charge in [0.15, 0.2) is 5.69 Å². The summed E-state index contributed by atoms with van der Waals surface area (Å²) in [4.78, 5) is 7.24. The zero-order valence-electron chi connectivity index (χ0n) is 15.3. The van der Waals surface area contributed by atoms with Gasteiger partial charge in [-0.1, -0.05) is 19.9 Å². The summed E-state index contributed by atoms with van der Waals surface area (Å²) in [6.45, 7) is 3.16. The summed E-state index contributed by atoms with van der Waals surface area (Å²) in [6, 6.07) is 5.17. The topological polar surface area (TPSA) is 70.1 Å². The summed E-state index contributed by atoms with van der Waals surface area (Å²) in [7, 11) is 0. The Labute approximate surface area is 166 Å². The molecule has 2 rings (SSSR count). The van der Waals surface area contributed by atoms with Gasteiger partial charge in [-0.25, -0.2) is 4.98 Å². The van der Waals surface area contributed by atoms with E-state index in [0.717, 1.165) is 6.07 Å². The van der Waals surface area contributed by atoms with Gasteiger partial charge >= 0.3 is 11.7 Å². The number of aliphatic hydroxyl groups excluding tert-OH is 1. The van der Waals surface area contributed by atoms with Crippen molar-refractivity contribution in [2.75, 3.05) is 17.2 Å². The molecule has 5 nitrogen and oxygen atoms in total. The molecule has 0 saturated heterocycles. The van der Waals surface area contributed by atoms with Crippen molar-refractivity contribution in [1.82, 2.24) is 9.97 Å². The van der Waals surface area contributed by atoms with Gasteiger partial charge in [0.1, 0.15) is 5.82 Å². The van der Waals surface area contributed by atoms with Crippen LogP contribution >= 0.6 is 11.8 Å². The normalized spacial score (nSPS) is 13.4. The van der Waals surface area contributed by atoms with E-state index >= 15 is 0 Å². The maximum Gasteiger partial charge on any atom is 0.446 e. The second kappa shape index (κ2) is 9.08. The smallest absolute Gasteiger partial charge is 0.394 e. The minimum absolute atomic E-state index is 0.120. The number of aromatic nitrogens is 2. The molecule has 0 saturated carbocycles. The number of aliphatic hydroxyl groups is 1. The van der Waals surface area contributed by atoms with Crippen LogP contribution in [0.15, 0.2) is 35.2 Å². The van der Waals surface area contributed by atoms with E-state index < -0.39 is 23.4 Å². The summed E-state index contributed by atoms with van der Waals surface area (Å²) in [6.07, 6.45) is -4.77. The average molecular weight is 440 g/mol. The average Bonchev–Trinajstić information content (AvgIpc) is 2.57. The molecule has 0 unspecified atom stereocenters. The molecule has 0 radical (unpaired) electrons. The highest BCUT2D eigenvalue weighted by Gasteiger charge is 2.34. The third-order valence-corrected chi connectivity index (χ3v) is 4.39. The molecule has 0 aliphatic carbocycles. The molecule has 29 heavy (non-hydrogen) atoms. The van der Waals surface area contributed by atoms with E-state index in [4.69, 9.17) is 0 Å². The van der Waals surface area contributed by atoms with Gasteiger partial charge in [-0.15, -0.1) is 0 Å². The zero-order valence-corrected chi connectivity index (χ0v) is 16.1. The molecule has 1 aromatic carbocycles. The number of hydrogen-bond acceptors (Lipinski definition) is 6. The molecule has 0 fully saturated rings. The number of nitrogens with one attached hydrogen (secondary N) is 2. The molecule has 0 aliphatic heterocycles. The van der Waals surface area contributed by atoms with Gasteiger partial charge in [-0.05, 0) is 35.9 Å². The first kappa shape index (κ1) is 23.1. The standard InChI is InChI=1S/C17H18F6N4OS/c1-9(2)12(8-28)25-15-26-13(16(18,19)20)7-14(27-15)24-10-4-3-5-11(6-10)29-17(21,22)23/h3-7,9,12,28H,8H2,1-2H3,(H2,24,25,26,27)/t12-/m0/s1. The van der Waals surface area contributed by atoms with Crippen LogP contribution in [0.25, 0.3) is 0 Å². The third-order valence-electron chi connectivity index (χ3n) is 3.67. The van der Waals surface area contributed by atoms with Crippen LogP contribution in [0.1, 0.15) is 19.5 Å². The second-order valence-electron chi connectivity index (χ2n) is 6.34. The molecule has 12 heteroatoms. The first-order valence-corrected chi connectivity index (χ1v) is 9.15. The fourth-order valence-electron chi connectivity index (χ4n) is 2.23. The Hall–Kier alpha value is -2.21. The minimum Gasteiger partial charge on any atom is -0.394 e. The van der Waals surface area contributed by atoms with Crippen molar-refractivity contribution in [3.63, 3.8) is 0 Å². The quantitative estimate of drug-likeness (QED) is 0.402. The Morgan fingerprint density at radius 3 is 2.31 bits per heavy atom. The molecule has 0 aliphatic rings. The van der Waals surface area contributed by atoms with Crippen LogP contribution in [0.5, 0.6) is 0 Å². The van der Waals surface area contributed by atoms with Gasteiger partial charge in [0.25, 0.3) is 0 Å². The van der Waals surface area contributed by atoms with Crippen LogP contribution in [-0.2, 0) is 6.18 Å². The molecule has 1 aromatic heterocycles. The van der Waals surface area contributed by atoms with E-state index in [-0.39, 0.29) is 46.6 Å². The monoisotopic (exact) mass is 440 g/mol. The van der Waals surface area contributed by atoms with Gasteiger partial charge in [0, 0.05) is 16.6 Å². The van der Waals surface area contributed by atoms with E-state index in [0.29, 0.717) is 6.07 Å². The van der Waals surface area contributed by atoms with Crippen molar-refractivity contribution < 1.29 is 31.4 Å². The summed E-state index contributed by atoms with van der Waals surface area (Å²) >= 11 is -0.342. The highest BCUT2D eigenvalue weighted by Crippen LogP contribution is 2.38. The predicted molar refractivity (Wildman–Crippen MR) is 98.0 cm³/mol. The molecular formula is C17H18F6N4OS. The maximum atomic E-state index is 13.2. The molecule has 0 spiro atoms. The van der Waals surface area contributed by atoms with Gasteiger partial charge < -0.3 is 15.7 Å². The van der Waals surface area contributed by atoms with Crippen LogP contribution in [0.2, 0.25) is 0 Å². The predicted octanol–water partition coefficient (Wildman–Crippen LogP) is 5.28. The molecule has 1 atom stereocenters. The van der Waals surface area contributed by atoms with Crippen LogP contribution in [0.3, 0.4) is 0 Å². The molecule has 2 aromatic rings. The fraction of sp³-hybridized carbons (Fsp3) is 0.412. The number of alkyl halides is 6. The van der Waals surface area contributed by atoms with Crippen molar-refractivity contribution in [2.24, 2.45) is 5.92 Å². The number of anilines is 3. The molecule has 0 bridgehead atoms. The Morgan fingerprint density at radius 1 is 1.07 bits per heavy atom. The highest BCUT2D eigenvalue weighted by atomic mass is 32.2. The Kier molecular flexibility index (Phi) is 7.22. The lowest BCUT2D eigenvalue weighted by molar-refractivity contribution is -0.141. The third kappa shape index (κ3) is 7.28. The Morgan fingerprint density at radius 2 is 1.76 bits per heavy atom. The van der Waals surface area contributed by atoms with Crippen molar-refractivity contribution in [3.05, 3.63) is 36.0 Å². The van der Waals surface area contributed by atoms with Crippen molar-refractivity contribution in [1.29, 1.82) is 0 Å². The van der Waals surface area contributed by atoms with E-state index in [1.165, 1.54) is 18.2 Å². The van der Waals surface area contributed by atoms with Crippen LogP contribution in [0, 0.1) is 5.92 Å². The number of thioether (sulfide) groups is 1. The lowest BCUT2D eigenvalue weighted by Gasteiger charge is -2.21. The van der Waals surface area contributed by atoms with Crippen molar-refractivity contribution in [2.45, 2.75) is 36.5 Å². The zero-order chi connectivity index (χ0) is 21.8. The SMILES string of the molecule is CC(C)[C@H](CO)Nc1nc(Nc2cccc(SC(F)(F)F)c2)cc(C(F)(F)F)n1. The summed E-state index contributed by atoms with van der Waals surface area (Å²) in [5.41, 5.74) is -5.61. The van der Waals surface area contributed by atoms with E-state index in [2.05, 4.69) is 20.6 Å². The second-order valence-corrected chi connectivity index (χ2v) is 7.48. The van der Waals surface area contributed by atoms with Gasteiger partial charge in [-0.3, -0.25) is 0 Å². The lowest BCUT2D eigenvalue weighted by Crippen LogP contribution is -2.30. The summed E-state index contributed by atoms with van der Waals surface area (Å²) < 4.78 is 77.1. The highest BCUT2D eigenvalue weighted by molar-refractivity contribution is 8.00. The Bertz CT molecular complexity index is 828. The van der Waals surface area contributed by atoms with E-state index in [1.54, 1.807) is 13.8 Å². The molecule has 160 valence electrons. The molecule has 1 heterocycles. The minimum atomic E-state index is -4.77. The molecular weight excluding hydrogens is 422 g/mol.